The highest BCUT2D eigenvalue weighted by Crippen LogP contribution is 2.26. The summed E-state index contributed by atoms with van der Waals surface area (Å²) >= 11 is 0. The number of aryl methyl sites for hydroxylation is 1. The number of nitrogens with zero attached hydrogens (tertiary/aromatic N) is 1. The molecule has 7 heteroatoms. The number of hydrogen-bond donors (Lipinski definition) is 2. The molecule has 1 unspecified atom stereocenters. The number of anilines is 2. The van der Waals surface area contributed by atoms with E-state index in [9.17, 15) is 9.18 Å². The Morgan fingerprint density at radius 1 is 1.52 bits per heavy atom. The lowest BCUT2D eigenvalue weighted by atomic mass is 10.1. The number of oxazole rings is 1. The molecule has 1 aromatic carbocycles. The van der Waals surface area contributed by atoms with E-state index in [1.54, 1.807) is 20.0 Å². The van der Waals surface area contributed by atoms with Crippen LogP contribution in [-0.4, -0.2) is 18.1 Å². The first-order chi connectivity index (χ1) is 9.92. The van der Waals surface area contributed by atoms with Gasteiger partial charge in [0.15, 0.2) is 0 Å². The molecule has 1 heterocycles. The maximum Gasteiger partial charge on any atom is 0.340 e. The summed E-state index contributed by atoms with van der Waals surface area (Å²) in [6.45, 7) is 3.53. The van der Waals surface area contributed by atoms with Gasteiger partial charge in [0.2, 0.25) is 5.89 Å². The average Bonchev–Trinajstić information content (AvgIpc) is 2.87. The van der Waals surface area contributed by atoms with Crippen LogP contribution >= 0.6 is 0 Å². The molecule has 21 heavy (non-hydrogen) atoms. The SMILES string of the molecule is COC(=O)c1cc(NC(C)c2ncc(C)o2)c(F)cc1N. The number of rotatable bonds is 4. The zero-order chi connectivity index (χ0) is 15.6. The number of nitrogens with two attached hydrogens (primary N) is 1. The Kier molecular flexibility index (Phi) is 4.11. The van der Waals surface area contributed by atoms with Crippen LogP contribution < -0.4 is 11.1 Å². The maximum absolute atomic E-state index is 13.9. The van der Waals surface area contributed by atoms with Crippen molar-refractivity contribution in [2.75, 3.05) is 18.2 Å². The van der Waals surface area contributed by atoms with Crippen molar-refractivity contribution in [1.82, 2.24) is 4.98 Å². The second kappa shape index (κ2) is 5.82. The number of methoxy groups -OCH3 is 1. The summed E-state index contributed by atoms with van der Waals surface area (Å²) in [5, 5.41) is 2.89. The second-order valence-corrected chi connectivity index (χ2v) is 4.59. The predicted molar refractivity (Wildman–Crippen MR) is 75.4 cm³/mol. The van der Waals surface area contributed by atoms with Gasteiger partial charge in [-0.05, 0) is 26.0 Å². The fraction of sp³-hybridized carbons (Fsp3) is 0.286. The van der Waals surface area contributed by atoms with Gasteiger partial charge in [0, 0.05) is 5.69 Å². The van der Waals surface area contributed by atoms with Crippen molar-refractivity contribution < 1.29 is 18.3 Å². The van der Waals surface area contributed by atoms with Crippen LogP contribution in [-0.2, 0) is 4.74 Å². The molecule has 0 amide bonds. The van der Waals surface area contributed by atoms with Crippen molar-refractivity contribution in [3.05, 3.63) is 41.4 Å². The number of aromatic nitrogens is 1. The number of carbonyl (C=O) groups excluding carboxylic acids is 1. The average molecular weight is 293 g/mol. The van der Waals surface area contributed by atoms with E-state index in [1.807, 2.05) is 0 Å². The summed E-state index contributed by atoms with van der Waals surface area (Å²) in [6, 6.07) is 2.01. The predicted octanol–water partition coefficient (Wildman–Crippen LogP) is 2.66. The Bertz CT molecular complexity index is 669. The van der Waals surface area contributed by atoms with Crippen molar-refractivity contribution in [1.29, 1.82) is 0 Å². The van der Waals surface area contributed by atoms with E-state index in [2.05, 4.69) is 15.0 Å². The van der Waals surface area contributed by atoms with E-state index in [4.69, 9.17) is 10.2 Å². The van der Waals surface area contributed by atoms with E-state index < -0.39 is 11.8 Å². The minimum absolute atomic E-state index is 0.0181. The van der Waals surface area contributed by atoms with E-state index in [1.165, 1.54) is 13.2 Å². The fourth-order valence-corrected chi connectivity index (χ4v) is 1.85. The van der Waals surface area contributed by atoms with Gasteiger partial charge in [0.1, 0.15) is 17.6 Å². The van der Waals surface area contributed by atoms with Crippen LogP contribution in [0.1, 0.15) is 35.0 Å². The number of ether oxygens (including phenoxy) is 1. The van der Waals surface area contributed by atoms with Gasteiger partial charge in [-0.25, -0.2) is 14.2 Å². The Balaban J connectivity index is 2.29. The molecule has 112 valence electrons. The molecule has 0 saturated carbocycles. The highest BCUT2D eigenvalue weighted by molar-refractivity contribution is 5.96. The van der Waals surface area contributed by atoms with Crippen LogP contribution in [0.25, 0.3) is 0 Å². The summed E-state index contributed by atoms with van der Waals surface area (Å²) in [5.74, 6) is -0.125. The smallest absolute Gasteiger partial charge is 0.340 e. The van der Waals surface area contributed by atoms with Gasteiger partial charge in [-0.1, -0.05) is 0 Å². The summed E-state index contributed by atoms with van der Waals surface area (Å²) in [7, 11) is 1.23. The van der Waals surface area contributed by atoms with E-state index in [0.29, 0.717) is 11.7 Å². The molecule has 0 radical (unpaired) electrons. The Hall–Kier alpha value is -2.57. The second-order valence-electron chi connectivity index (χ2n) is 4.59. The molecule has 0 fully saturated rings. The number of nitrogens with one attached hydrogen (secondary N) is 1. The van der Waals surface area contributed by atoms with Crippen LogP contribution in [0.4, 0.5) is 15.8 Å². The lowest BCUT2D eigenvalue weighted by molar-refractivity contribution is 0.0602. The molecule has 2 aromatic rings. The van der Waals surface area contributed by atoms with Crippen molar-refractivity contribution >= 4 is 17.3 Å². The van der Waals surface area contributed by atoms with Crippen molar-refractivity contribution in [2.45, 2.75) is 19.9 Å². The molecule has 0 aliphatic rings. The third-order valence-electron chi connectivity index (χ3n) is 2.93. The van der Waals surface area contributed by atoms with Crippen LogP contribution in [0.3, 0.4) is 0 Å². The number of benzene rings is 1. The first kappa shape index (κ1) is 14.8. The lowest BCUT2D eigenvalue weighted by Gasteiger charge is -2.14. The van der Waals surface area contributed by atoms with Crippen molar-refractivity contribution in [2.24, 2.45) is 0 Å². The quantitative estimate of drug-likeness (QED) is 0.665. The molecule has 3 N–H and O–H groups in total. The maximum atomic E-state index is 13.9. The summed E-state index contributed by atoms with van der Waals surface area (Å²) in [4.78, 5) is 15.6. The van der Waals surface area contributed by atoms with Crippen LogP contribution in [0.5, 0.6) is 0 Å². The zero-order valence-electron chi connectivity index (χ0n) is 11.9. The molecule has 2 rings (SSSR count). The molecule has 1 aromatic heterocycles. The molecular weight excluding hydrogens is 277 g/mol. The van der Waals surface area contributed by atoms with Crippen LogP contribution in [0.15, 0.2) is 22.7 Å². The number of halogens is 1. The minimum atomic E-state index is -0.629. The Morgan fingerprint density at radius 3 is 2.81 bits per heavy atom. The Labute approximate surface area is 121 Å². The molecule has 0 bridgehead atoms. The van der Waals surface area contributed by atoms with Gasteiger partial charge in [-0.3, -0.25) is 0 Å². The molecule has 0 aliphatic heterocycles. The number of hydrogen-bond acceptors (Lipinski definition) is 6. The van der Waals surface area contributed by atoms with Crippen LogP contribution in [0.2, 0.25) is 0 Å². The topological polar surface area (TPSA) is 90.4 Å². The fourth-order valence-electron chi connectivity index (χ4n) is 1.85. The molecule has 6 nitrogen and oxygen atoms in total. The van der Waals surface area contributed by atoms with E-state index in [0.717, 1.165) is 6.07 Å². The standard InChI is InChI=1S/C14H16FN3O3/c1-7-6-17-13(21-7)8(2)18-12-4-9(14(19)20-3)11(16)5-10(12)15/h4-6,8,18H,16H2,1-3H3. The molecule has 0 aliphatic carbocycles. The highest BCUT2D eigenvalue weighted by Gasteiger charge is 2.18. The van der Waals surface area contributed by atoms with E-state index in [-0.39, 0.29) is 23.0 Å². The highest BCUT2D eigenvalue weighted by atomic mass is 19.1. The monoisotopic (exact) mass is 293 g/mol. The third-order valence-corrected chi connectivity index (χ3v) is 2.93. The van der Waals surface area contributed by atoms with Crippen molar-refractivity contribution in [3.63, 3.8) is 0 Å². The summed E-state index contributed by atoms with van der Waals surface area (Å²) in [6.07, 6.45) is 1.58. The first-order valence-corrected chi connectivity index (χ1v) is 6.28. The number of nitrogen functional groups attached to an aromatic ring is 1. The number of esters is 1. The number of carbonyl (C=O) groups is 1. The third kappa shape index (κ3) is 3.13. The Morgan fingerprint density at radius 2 is 2.24 bits per heavy atom. The van der Waals surface area contributed by atoms with Crippen molar-refractivity contribution in [3.8, 4) is 0 Å². The van der Waals surface area contributed by atoms with Gasteiger partial charge in [-0.15, -0.1) is 0 Å². The molecule has 0 spiro atoms. The molecule has 0 saturated heterocycles. The summed E-state index contributed by atoms with van der Waals surface area (Å²) in [5.41, 5.74) is 5.84. The normalized spacial score (nSPS) is 12.0. The van der Waals surface area contributed by atoms with Gasteiger partial charge in [0.05, 0.1) is 24.6 Å². The van der Waals surface area contributed by atoms with Crippen LogP contribution in [0, 0.1) is 12.7 Å². The van der Waals surface area contributed by atoms with E-state index >= 15 is 0 Å². The molecule has 1 atom stereocenters. The lowest BCUT2D eigenvalue weighted by Crippen LogP contribution is -2.12. The van der Waals surface area contributed by atoms with Gasteiger partial charge in [0.25, 0.3) is 0 Å². The zero-order valence-corrected chi connectivity index (χ0v) is 11.9. The minimum Gasteiger partial charge on any atom is -0.465 e. The van der Waals surface area contributed by atoms with Gasteiger partial charge < -0.3 is 20.2 Å². The van der Waals surface area contributed by atoms with Gasteiger partial charge >= 0.3 is 5.97 Å². The largest absolute Gasteiger partial charge is 0.465 e. The summed E-state index contributed by atoms with van der Waals surface area (Å²) < 4.78 is 23.9. The van der Waals surface area contributed by atoms with Gasteiger partial charge in [-0.2, -0.15) is 0 Å². The molecular formula is C14H16FN3O3. The first-order valence-electron chi connectivity index (χ1n) is 6.28.